The van der Waals surface area contributed by atoms with Crippen LogP contribution in [0.5, 0.6) is 0 Å². The van der Waals surface area contributed by atoms with Crippen LogP contribution >= 0.6 is 0 Å². The zero-order chi connectivity index (χ0) is 13.4. The molecule has 1 nitrogen and oxygen atoms in total. The molecule has 0 fully saturated rings. The molecule has 0 aromatic heterocycles. The van der Waals surface area contributed by atoms with E-state index in [2.05, 4.69) is 45.0 Å². The molecule has 0 saturated heterocycles. The molecule has 1 heteroatoms. The van der Waals surface area contributed by atoms with Gasteiger partial charge in [-0.3, -0.25) is 0 Å². The standard InChI is InChI=1S/C12H14.C5H12O/c1-9-7-11-5-3-4-6-12(11)8-10(9)2;1-2-3-4-5-6/h3-6H,7-8H2,1-2H3;6H,2-5H2,1H3. The zero-order valence-electron chi connectivity index (χ0n) is 12.0. The maximum absolute atomic E-state index is 8.20. The Bertz CT molecular complexity index is 353. The minimum Gasteiger partial charge on any atom is -0.396 e. The van der Waals surface area contributed by atoms with Gasteiger partial charge in [0.05, 0.1) is 0 Å². The lowest BCUT2D eigenvalue weighted by Crippen LogP contribution is -2.04. The third kappa shape index (κ3) is 4.66. The van der Waals surface area contributed by atoms with Crippen molar-refractivity contribution in [1.82, 2.24) is 0 Å². The van der Waals surface area contributed by atoms with Crippen molar-refractivity contribution < 1.29 is 5.11 Å². The molecule has 0 saturated carbocycles. The van der Waals surface area contributed by atoms with Gasteiger partial charge in [0.25, 0.3) is 0 Å². The lowest BCUT2D eigenvalue weighted by Gasteiger charge is -2.18. The monoisotopic (exact) mass is 246 g/mol. The van der Waals surface area contributed by atoms with Gasteiger partial charge in [-0.05, 0) is 44.2 Å². The van der Waals surface area contributed by atoms with Crippen LogP contribution in [-0.4, -0.2) is 11.7 Å². The molecule has 1 aliphatic rings. The van der Waals surface area contributed by atoms with E-state index in [1.54, 1.807) is 11.1 Å². The predicted molar refractivity (Wildman–Crippen MR) is 78.8 cm³/mol. The molecule has 0 aliphatic heterocycles. The highest BCUT2D eigenvalue weighted by molar-refractivity contribution is 5.39. The van der Waals surface area contributed by atoms with Gasteiger partial charge >= 0.3 is 0 Å². The highest BCUT2D eigenvalue weighted by Crippen LogP contribution is 2.24. The number of hydrogen-bond acceptors (Lipinski definition) is 1. The van der Waals surface area contributed by atoms with E-state index in [9.17, 15) is 0 Å². The summed E-state index contributed by atoms with van der Waals surface area (Å²) >= 11 is 0. The molecule has 1 aliphatic carbocycles. The molecular weight excluding hydrogens is 220 g/mol. The van der Waals surface area contributed by atoms with Crippen molar-refractivity contribution in [3.05, 3.63) is 46.5 Å². The summed E-state index contributed by atoms with van der Waals surface area (Å²) in [6.07, 6.45) is 5.64. The second-order valence-electron chi connectivity index (χ2n) is 5.11. The lowest BCUT2D eigenvalue weighted by atomic mass is 9.88. The van der Waals surface area contributed by atoms with Crippen molar-refractivity contribution in [2.45, 2.75) is 52.9 Å². The topological polar surface area (TPSA) is 20.2 Å². The van der Waals surface area contributed by atoms with Crippen LogP contribution in [0.2, 0.25) is 0 Å². The fourth-order valence-corrected chi connectivity index (χ4v) is 2.14. The quantitative estimate of drug-likeness (QED) is 0.623. The Morgan fingerprint density at radius 3 is 1.78 bits per heavy atom. The number of benzene rings is 1. The van der Waals surface area contributed by atoms with Gasteiger partial charge in [-0.15, -0.1) is 0 Å². The van der Waals surface area contributed by atoms with Crippen molar-refractivity contribution in [3.63, 3.8) is 0 Å². The van der Waals surface area contributed by atoms with Gasteiger partial charge < -0.3 is 5.11 Å². The van der Waals surface area contributed by atoms with Gasteiger partial charge in [-0.2, -0.15) is 0 Å². The van der Waals surface area contributed by atoms with E-state index in [0.717, 1.165) is 25.7 Å². The van der Waals surface area contributed by atoms with Crippen LogP contribution in [-0.2, 0) is 12.8 Å². The van der Waals surface area contributed by atoms with E-state index in [0.29, 0.717) is 6.61 Å². The Kier molecular flexibility index (Phi) is 6.74. The van der Waals surface area contributed by atoms with Crippen LogP contribution in [0, 0.1) is 0 Å². The van der Waals surface area contributed by atoms with Crippen LogP contribution in [0.1, 0.15) is 51.2 Å². The minimum atomic E-state index is 0.355. The summed E-state index contributed by atoms with van der Waals surface area (Å²) in [4.78, 5) is 0. The second-order valence-corrected chi connectivity index (χ2v) is 5.11. The highest BCUT2D eigenvalue weighted by Gasteiger charge is 2.10. The summed E-state index contributed by atoms with van der Waals surface area (Å²) in [5, 5.41) is 8.20. The summed E-state index contributed by atoms with van der Waals surface area (Å²) in [5.41, 5.74) is 6.13. The van der Waals surface area contributed by atoms with Gasteiger partial charge in [0, 0.05) is 6.61 Å². The van der Waals surface area contributed by atoms with Crippen LogP contribution in [0.4, 0.5) is 0 Å². The van der Waals surface area contributed by atoms with Crippen molar-refractivity contribution in [1.29, 1.82) is 0 Å². The van der Waals surface area contributed by atoms with Gasteiger partial charge in [0.2, 0.25) is 0 Å². The Labute approximate surface area is 112 Å². The molecule has 0 spiro atoms. The Hall–Kier alpha value is -1.08. The Balaban J connectivity index is 0.000000232. The SMILES string of the molecule is CC1=C(C)Cc2ccccc2C1.CCCCCO. The van der Waals surface area contributed by atoms with Crippen LogP contribution < -0.4 is 0 Å². The van der Waals surface area contributed by atoms with E-state index in [4.69, 9.17) is 5.11 Å². The third-order valence-electron chi connectivity index (χ3n) is 3.52. The number of aliphatic hydroxyl groups is 1. The van der Waals surface area contributed by atoms with Crippen molar-refractivity contribution in [2.75, 3.05) is 6.61 Å². The molecule has 100 valence electrons. The van der Waals surface area contributed by atoms with E-state index >= 15 is 0 Å². The van der Waals surface area contributed by atoms with Gasteiger partial charge in [-0.25, -0.2) is 0 Å². The van der Waals surface area contributed by atoms with E-state index in [-0.39, 0.29) is 0 Å². The van der Waals surface area contributed by atoms with Gasteiger partial charge in [-0.1, -0.05) is 55.2 Å². The fraction of sp³-hybridized carbons (Fsp3) is 0.529. The summed E-state index contributed by atoms with van der Waals surface area (Å²) in [6, 6.07) is 8.75. The summed E-state index contributed by atoms with van der Waals surface area (Å²) < 4.78 is 0. The van der Waals surface area contributed by atoms with Crippen LogP contribution in [0.25, 0.3) is 0 Å². The first-order valence-corrected chi connectivity index (χ1v) is 7.01. The fourth-order valence-electron chi connectivity index (χ4n) is 2.14. The lowest BCUT2D eigenvalue weighted by molar-refractivity contribution is 0.284. The van der Waals surface area contributed by atoms with E-state index < -0.39 is 0 Å². The number of hydrogen-bond donors (Lipinski definition) is 1. The van der Waals surface area contributed by atoms with Crippen molar-refractivity contribution in [3.8, 4) is 0 Å². The largest absolute Gasteiger partial charge is 0.396 e. The molecular formula is C17H26O. The molecule has 0 unspecified atom stereocenters. The van der Waals surface area contributed by atoms with E-state index in [1.807, 2.05) is 0 Å². The summed E-state index contributed by atoms with van der Waals surface area (Å²) in [6.45, 7) is 6.96. The Morgan fingerprint density at radius 1 is 0.944 bits per heavy atom. The second kappa shape index (κ2) is 8.10. The van der Waals surface area contributed by atoms with Crippen molar-refractivity contribution >= 4 is 0 Å². The minimum absolute atomic E-state index is 0.355. The molecule has 0 amide bonds. The smallest absolute Gasteiger partial charge is 0.0431 e. The molecule has 0 radical (unpaired) electrons. The summed E-state index contributed by atoms with van der Waals surface area (Å²) in [5.74, 6) is 0. The van der Waals surface area contributed by atoms with Gasteiger partial charge in [0.15, 0.2) is 0 Å². The van der Waals surface area contributed by atoms with E-state index in [1.165, 1.54) is 17.5 Å². The van der Waals surface area contributed by atoms with Crippen LogP contribution in [0.15, 0.2) is 35.4 Å². The number of rotatable bonds is 3. The normalized spacial score (nSPS) is 13.8. The number of fused-ring (bicyclic) bond motifs is 1. The summed E-state index contributed by atoms with van der Waals surface area (Å²) in [7, 11) is 0. The molecule has 0 bridgehead atoms. The molecule has 0 atom stereocenters. The van der Waals surface area contributed by atoms with Gasteiger partial charge in [0.1, 0.15) is 0 Å². The third-order valence-corrected chi connectivity index (χ3v) is 3.52. The molecule has 18 heavy (non-hydrogen) atoms. The molecule has 1 aromatic carbocycles. The molecule has 2 rings (SSSR count). The maximum atomic E-state index is 8.20. The molecule has 0 heterocycles. The first-order valence-electron chi connectivity index (χ1n) is 7.01. The van der Waals surface area contributed by atoms with Crippen LogP contribution in [0.3, 0.4) is 0 Å². The predicted octanol–water partition coefficient (Wildman–Crippen LogP) is 4.29. The number of allylic oxidation sites excluding steroid dienone is 2. The highest BCUT2D eigenvalue weighted by atomic mass is 16.2. The maximum Gasteiger partial charge on any atom is 0.0431 e. The first-order chi connectivity index (χ1) is 8.69. The Morgan fingerprint density at radius 2 is 1.44 bits per heavy atom. The number of aliphatic hydroxyl groups excluding tert-OH is 1. The van der Waals surface area contributed by atoms with Crippen molar-refractivity contribution in [2.24, 2.45) is 0 Å². The number of unbranched alkanes of at least 4 members (excludes halogenated alkanes) is 2. The first kappa shape index (κ1) is 15.0. The molecule has 1 N–H and O–H groups in total. The molecule has 1 aromatic rings. The zero-order valence-corrected chi connectivity index (χ0v) is 12.0. The average Bonchev–Trinajstić information content (AvgIpc) is 2.38. The average molecular weight is 246 g/mol.